The summed E-state index contributed by atoms with van der Waals surface area (Å²) in [6, 6.07) is 5.86. The van der Waals surface area contributed by atoms with E-state index in [2.05, 4.69) is 6.58 Å². The van der Waals surface area contributed by atoms with E-state index in [0.717, 1.165) is 29.1 Å². The first kappa shape index (κ1) is 13.6. The van der Waals surface area contributed by atoms with Crippen molar-refractivity contribution in [3.8, 4) is 11.5 Å². The SMILES string of the molecule is C=C(C)COc1ccc(OC)cc1CC(C)N. The maximum absolute atomic E-state index is 5.83. The van der Waals surface area contributed by atoms with Crippen LogP contribution in [0.2, 0.25) is 0 Å². The van der Waals surface area contributed by atoms with Crippen LogP contribution in [0.25, 0.3) is 0 Å². The maximum atomic E-state index is 5.83. The van der Waals surface area contributed by atoms with Gasteiger partial charge in [-0.1, -0.05) is 6.58 Å². The molecule has 0 saturated heterocycles. The predicted octanol–water partition coefficient (Wildman–Crippen LogP) is 2.54. The minimum atomic E-state index is 0.0919. The fourth-order valence-electron chi connectivity index (χ4n) is 1.53. The van der Waals surface area contributed by atoms with Crippen LogP contribution in [0.5, 0.6) is 11.5 Å². The lowest BCUT2D eigenvalue weighted by Crippen LogP contribution is -2.18. The summed E-state index contributed by atoms with van der Waals surface area (Å²) in [6.07, 6.45) is 0.767. The molecule has 0 aliphatic rings. The summed E-state index contributed by atoms with van der Waals surface area (Å²) >= 11 is 0. The molecule has 94 valence electrons. The van der Waals surface area contributed by atoms with Gasteiger partial charge in [-0.2, -0.15) is 0 Å². The van der Waals surface area contributed by atoms with E-state index in [1.165, 1.54) is 0 Å². The van der Waals surface area contributed by atoms with E-state index in [1.54, 1.807) is 7.11 Å². The Labute approximate surface area is 103 Å². The Morgan fingerprint density at radius 2 is 2.18 bits per heavy atom. The van der Waals surface area contributed by atoms with Crippen LogP contribution in [0.1, 0.15) is 19.4 Å². The molecule has 0 bridgehead atoms. The lowest BCUT2D eigenvalue weighted by molar-refractivity contribution is 0.346. The molecule has 1 aromatic carbocycles. The van der Waals surface area contributed by atoms with Crippen LogP contribution in [0.4, 0.5) is 0 Å². The predicted molar refractivity (Wildman–Crippen MR) is 70.7 cm³/mol. The molecule has 3 heteroatoms. The average Bonchev–Trinajstić information content (AvgIpc) is 2.26. The number of benzene rings is 1. The lowest BCUT2D eigenvalue weighted by Gasteiger charge is -2.14. The number of hydrogen-bond acceptors (Lipinski definition) is 3. The van der Waals surface area contributed by atoms with E-state index >= 15 is 0 Å². The Kier molecular flexibility index (Phi) is 5.04. The highest BCUT2D eigenvalue weighted by Crippen LogP contribution is 2.25. The summed E-state index contributed by atoms with van der Waals surface area (Å²) in [5.74, 6) is 1.68. The standard InChI is InChI=1S/C14H21NO2/c1-10(2)9-17-14-6-5-13(16-4)8-12(14)7-11(3)15/h5-6,8,11H,1,7,9,15H2,2-4H3. The normalized spacial score (nSPS) is 12.0. The monoisotopic (exact) mass is 235 g/mol. The van der Waals surface area contributed by atoms with Crippen molar-refractivity contribution in [1.82, 2.24) is 0 Å². The first-order valence-corrected chi connectivity index (χ1v) is 5.72. The third-order valence-corrected chi connectivity index (χ3v) is 2.28. The molecule has 17 heavy (non-hydrogen) atoms. The van der Waals surface area contributed by atoms with E-state index in [9.17, 15) is 0 Å². The van der Waals surface area contributed by atoms with Gasteiger partial charge in [-0.05, 0) is 49.6 Å². The maximum Gasteiger partial charge on any atom is 0.123 e. The molecule has 0 radical (unpaired) electrons. The van der Waals surface area contributed by atoms with Crippen LogP contribution in [0.15, 0.2) is 30.4 Å². The molecule has 2 N–H and O–H groups in total. The Balaban J connectivity index is 2.89. The lowest BCUT2D eigenvalue weighted by atomic mass is 10.1. The van der Waals surface area contributed by atoms with Gasteiger partial charge in [0.25, 0.3) is 0 Å². The highest BCUT2D eigenvalue weighted by molar-refractivity contribution is 5.41. The van der Waals surface area contributed by atoms with Crippen LogP contribution in [0.3, 0.4) is 0 Å². The molecule has 0 heterocycles. The quantitative estimate of drug-likeness (QED) is 0.771. The Morgan fingerprint density at radius 1 is 1.47 bits per heavy atom. The van der Waals surface area contributed by atoms with Crippen molar-refractivity contribution in [3.05, 3.63) is 35.9 Å². The number of methoxy groups -OCH3 is 1. The molecule has 0 aliphatic heterocycles. The van der Waals surface area contributed by atoms with Crippen LogP contribution in [-0.4, -0.2) is 19.8 Å². The summed E-state index contributed by atoms with van der Waals surface area (Å²) < 4.78 is 10.9. The molecule has 0 aliphatic carbocycles. The van der Waals surface area contributed by atoms with Crippen LogP contribution < -0.4 is 15.2 Å². The average molecular weight is 235 g/mol. The van der Waals surface area contributed by atoms with Gasteiger partial charge >= 0.3 is 0 Å². The van der Waals surface area contributed by atoms with Gasteiger partial charge in [0.2, 0.25) is 0 Å². The first-order chi connectivity index (χ1) is 8.02. The second kappa shape index (κ2) is 6.30. The molecule has 1 atom stereocenters. The highest BCUT2D eigenvalue weighted by Gasteiger charge is 2.08. The first-order valence-electron chi connectivity index (χ1n) is 5.72. The second-order valence-corrected chi connectivity index (χ2v) is 4.40. The minimum absolute atomic E-state index is 0.0919. The van der Waals surface area contributed by atoms with Gasteiger partial charge in [-0.25, -0.2) is 0 Å². The molecular weight excluding hydrogens is 214 g/mol. The van der Waals surface area contributed by atoms with E-state index in [4.69, 9.17) is 15.2 Å². The van der Waals surface area contributed by atoms with Gasteiger partial charge in [0.05, 0.1) is 7.11 Å². The van der Waals surface area contributed by atoms with Crippen molar-refractivity contribution in [1.29, 1.82) is 0 Å². The summed E-state index contributed by atoms with van der Waals surface area (Å²) in [7, 11) is 1.65. The highest BCUT2D eigenvalue weighted by atomic mass is 16.5. The Hall–Kier alpha value is -1.48. The number of nitrogens with two attached hydrogens (primary N) is 1. The topological polar surface area (TPSA) is 44.5 Å². The van der Waals surface area contributed by atoms with Gasteiger partial charge < -0.3 is 15.2 Å². The fraction of sp³-hybridized carbons (Fsp3) is 0.429. The molecule has 1 unspecified atom stereocenters. The summed E-state index contributed by atoms with van der Waals surface area (Å²) in [4.78, 5) is 0. The fourth-order valence-corrected chi connectivity index (χ4v) is 1.53. The van der Waals surface area contributed by atoms with Gasteiger partial charge in [0, 0.05) is 6.04 Å². The molecule has 1 rings (SSSR count). The van der Waals surface area contributed by atoms with Gasteiger partial charge in [0.1, 0.15) is 18.1 Å². The molecule has 0 spiro atoms. The third-order valence-electron chi connectivity index (χ3n) is 2.28. The van der Waals surface area contributed by atoms with E-state index < -0.39 is 0 Å². The molecule has 3 nitrogen and oxygen atoms in total. The van der Waals surface area contributed by atoms with Gasteiger partial charge in [-0.3, -0.25) is 0 Å². The van der Waals surface area contributed by atoms with Crippen molar-refractivity contribution in [3.63, 3.8) is 0 Å². The van der Waals surface area contributed by atoms with Gasteiger partial charge in [-0.15, -0.1) is 0 Å². The summed E-state index contributed by atoms with van der Waals surface area (Å²) in [5.41, 5.74) is 7.89. The minimum Gasteiger partial charge on any atom is -0.497 e. The van der Waals surface area contributed by atoms with Crippen molar-refractivity contribution in [2.45, 2.75) is 26.3 Å². The second-order valence-electron chi connectivity index (χ2n) is 4.40. The molecule has 0 saturated carbocycles. The zero-order valence-corrected chi connectivity index (χ0v) is 10.8. The molecule has 0 fully saturated rings. The molecule has 0 aromatic heterocycles. The Morgan fingerprint density at radius 3 is 2.71 bits per heavy atom. The largest absolute Gasteiger partial charge is 0.497 e. The number of ether oxygens (including phenoxy) is 2. The van der Waals surface area contributed by atoms with Crippen molar-refractivity contribution in [2.24, 2.45) is 5.73 Å². The molecule has 1 aromatic rings. The zero-order valence-electron chi connectivity index (χ0n) is 10.8. The number of rotatable bonds is 6. The van der Waals surface area contributed by atoms with Crippen molar-refractivity contribution >= 4 is 0 Å². The smallest absolute Gasteiger partial charge is 0.123 e. The summed E-state index contributed by atoms with van der Waals surface area (Å²) in [5, 5.41) is 0. The van der Waals surface area contributed by atoms with E-state index in [0.29, 0.717) is 6.61 Å². The Bertz CT molecular complexity index is 386. The molecule has 0 amide bonds. The van der Waals surface area contributed by atoms with Crippen molar-refractivity contribution < 1.29 is 9.47 Å². The number of hydrogen-bond donors (Lipinski definition) is 1. The van der Waals surface area contributed by atoms with Crippen LogP contribution >= 0.6 is 0 Å². The zero-order chi connectivity index (χ0) is 12.8. The van der Waals surface area contributed by atoms with Crippen LogP contribution in [-0.2, 0) is 6.42 Å². The molecular formula is C14H21NO2. The van der Waals surface area contributed by atoms with Crippen LogP contribution in [0, 0.1) is 0 Å². The summed E-state index contributed by atoms with van der Waals surface area (Å²) in [6.45, 7) is 8.26. The van der Waals surface area contributed by atoms with Gasteiger partial charge in [0.15, 0.2) is 0 Å². The van der Waals surface area contributed by atoms with E-state index in [1.807, 2.05) is 32.0 Å². The third kappa shape index (κ3) is 4.49. The van der Waals surface area contributed by atoms with Crippen molar-refractivity contribution in [2.75, 3.05) is 13.7 Å². The van der Waals surface area contributed by atoms with E-state index in [-0.39, 0.29) is 6.04 Å².